The van der Waals surface area contributed by atoms with Crippen LogP contribution in [0.4, 0.5) is 0 Å². The van der Waals surface area contributed by atoms with Gasteiger partial charge in [-0.1, -0.05) is 24.3 Å². The minimum Gasteiger partial charge on any atom is -0.508 e. The lowest BCUT2D eigenvalue weighted by atomic mass is 10.1. The summed E-state index contributed by atoms with van der Waals surface area (Å²) in [7, 11) is 0. The van der Waals surface area contributed by atoms with Crippen molar-refractivity contribution in [1.29, 1.82) is 0 Å². The number of ether oxygens (including phenoxy) is 1. The molecule has 0 aliphatic carbocycles. The Morgan fingerprint density at radius 3 is 2.31 bits per heavy atom. The summed E-state index contributed by atoms with van der Waals surface area (Å²) >= 11 is 0. The Bertz CT molecular complexity index is 1430. The van der Waals surface area contributed by atoms with Crippen molar-refractivity contribution in [3.8, 4) is 22.8 Å². The van der Waals surface area contributed by atoms with Crippen molar-refractivity contribution in [2.45, 2.75) is 13.5 Å². The maximum absolute atomic E-state index is 12.1. The van der Waals surface area contributed by atoms with Gasteiger partial charge in [-0.05, 0) is 77.7 Å². The Kier molecular flexibility index (Phi) is 6.40. The van der Waals surface area contributed by atoms with E-state index in [0.29, 0.717) is 38.5 Å². The number of hydrogen-bond donors (Lipinski definition) is 3. The molecule has 0 unspecified atom stereocenters. The van der Waals surface area contributed by atoms with Crippen LogP contribution in [-0.2, 0) is 16.1 Å². The maximum atomic E-state index is 12.1. The molecule has 7 heteroatoms. The van der Waals surface area contributed by atoms with E-state index >= 15 is 0 Å². The fourth-order valence-electron chi connectivity index (χ4n) is 4.85. The van der Waals surface area contributed by atoms with Crippen molar-refractivity contribution in [1.82, 2.24) is 9.47 Å². The Hall–Kier alpha value is -4.23. The van der Waals surface area contributed by atoms with Crippen LogP contribution in [-0.4, -0.2) is 51.9 Å². The highest BCUT2D eigenvalue weighted by atomic mass is 16.5. The SMILES string of the molecule is Cc1c(-c2ccc(O)cc2)n(Cc2ccc(C=C(C(N)=O)N3CCOCC3)cc2)c2ccc(O)cc12. The van der Waals surface area contributed by atoms with Crippen LogP contribution in [0.3, 0.4) is 0 Å². The molecule has 1 aliphatic heterocycles. The van der Waals surface area contributed by atoms with E-state index in [9.17, 15) is 15.0 Å². The summed E-state index contributed by atoms with van der Waals surface area (Å²) in [6.45, 7) is 5.10. The average Bonchev–Trinajstić information content (AvgIpc) is 3.15. The second kappa shape index (κ2) is 9.79. The van der Waals surface area contributed by atoms with Gasteiger partial charge in [0.1, 0.15) is 17.2 Å². The van der Waals surface area contributed by atoms with Crippen LogP contribution in [0, 0.1) is 6.92 Å². The molecule has 1 saturated heterocycles. The lowest BCUT2D eigenvalue weighted by Crippen LogP contribution is -2.39. The summed E-state index contributed by atoms with van der Waals surface area (Å²) in [6, 6.07) is 20.7. The van der Waals surface area contributed by atoms with E-state index in [0.717, 1.165) is 38.9 Å². The van der Waals surface area contributed by atoms with Gasteiger partial charge in [-0.2, -0.15) is 0 Å². The molecule has 4 aromatic rings. The number of rotatable bonds is 6. The molecule has 1 aromatic heterocycles. The summed E-state index contributed by atoms with van der Waals surface area (Å²) in [5.74, 6) is -0.00788. The number of carbonyl (C=O) groups is 1. The van der Waals surface area contributed by atoms with Crippen molar-refractivity contribution in [3.63, 3.8) is 0 Å². The fourth-order valence-corrected chi connectivity index (χ4v) is 4.85. The topological polar surface area (TPSA) is 101 Å². The lowest BCUT2D eigenvalue weighted by molar-refractivity contribution is -0.116. The van der Waals surface area contributed by atoms with Crippen LogP contribution in [0.15, 0.2) is 72.4 Å². The minimum atomic E-state index is -0.447. The number of hydrogen-bond acceptors (Lipinski definition) is 5. The van der Waals surface area contributed by atoms with Crippen LogP contribution in [0.1, 0.15) is 16.7 Å². The van der Waals surface area contributed by atoms with Gasteiger partial charge in [-0.25, -0.2) is 0 Å². The van der Waals surface area contributed by atoms with E-state index in [2.05, 4.69) is 4.57 Å². The van der Waals surface area contributed by atoms with E-state index < -0.39 is 5.91 Å². The monoisotopic (exact) mass is 483 g/mol. The predicted octanol–water partition coefficient (Wildman–Crippen LogP) is 4.23. The number of amides is 1. The van der Waals surface area contributed by atoms with Crippen molar-refractivity contribution >= 4 is 22.9 Å². The first kappa shape index (κ1) is 23.5. The highest BCUT2D eigenvalue weighted by molar-refractivity contribution is 5.96. The Morgan fingerprint density at radius 1 is 0.972 bits per heavy atom. The largest absolute Gasteiger partial charge is 0.508 e. The molecule has 0 bridgehead atoms. The van der Waals surface area contributed by atoms with Crippen LogP contribution in [0.2, 0.25) is 0 Å². The van der Waals surface area contributed by atoms with Crippen molar-refractivity contribution in [2.75, 3.05) is 26.3 Å². The average molecular weight is 484 g/mol. The van der Waals surface area contributed by atoms with Gasteiger partial charge in [-0.3, -0.25) is 4.79 Å². The molecule has 0 spiro atoms. The summed E-state index contributed by atoms with van der Waals surface area (Å²) in [5.41, 5.74) is 12.2. The van der Waals surface area contributed by atoms with Crippen molar-refractivity contribution < 1.29 is 19.7 Å². The van der Waals surface area contributed by atoms with E-state index in [-0.39, 0.29) is 11.5 Å². The summed E-state index contributed by atoms with van der Waals surface area (Å²) in [5, 5.41) is 20.9. The molecule has 7 nitrogen and oxygen atoms in total. The van der Waals surface area contributed by atoms with Gasteiger partial charge in [0.15, 0.2) is 0 Å². The highest BCUT2D eigenvalue weighted by Gasteiger charge is 2.19. The Morgan fingerprint density at radius 2 is 1.64 bits per heavy atom. The minimum absolute atomic E-state index is 0.216. The van der Waals surface area contributed by atoms with Gasteiger partial charge in [0.2, 0.25) is 0 Å². The van der Waals surface area contributed by atoms with Crippen LogP contribution in [0.25, 0.3) is 28.2 Å². The first-order chi connectivity index (χ1) is 17.4. The van der Waals surface area contributed by atoms with E-state index in [1.165, 1.54) is 0 Å². The standard InChI is InChI=1S/C29H29N3O4/c1-19-25-17-24(34)10-11-26(25)32(28(19)22-6-8-23(33)9-7-22)18-21-4-2-20(3-5-21)16-27(29(30)35)31-12-14-36-15-13-31/h2-11,16-17,33-34H,12-15,18H2,1H3,(H2,30,35). The number of benzene rings is 3. The third-order valence-corrected chi connectivity index (χ3v) is 6.67. The highest BCUT2D eigenvalue weighted by Crippen LogP contribution is 2.36. The number of nitrogens with two attached hydrogens (primary N) is 1. The van der Waals surface area contributed by atoms with Gasteiger partial charge in [0.25, 0.3) is 5.91 Å². The Balaban J connectivity index is 1.50. The molecule has 2 heterocycles. The number of phenolic OH excluding ortho intramolecular Hbond substituents is 2. The van der Waals surface area contributed by atoms with Crippen LogP contribution >= 0.6 is 0 Å². The zero-order chi connectivity index (χ0) is 25.2. The molecule has 0 atom stereocenters. The molecule has 0 radical (unpaired) electrons. The number of nitrogens with zero attached hydrogens (tertiary/aromatic N) is 2. The molecule has 184 valence electrons. The number of aromatic hydroxyl groups is 2. The number of fused-ring (bicyclic) bond motifs is 1. The summed E-state index contributed by atoms with van der Waals surface area (Å²) in [6.07, 6.45) is 1.83. The molecule has 1 fully saturated rings. The predicted molar refractivity (Wildman–Crippen MR) is 141 cm³/mol. The molecule has 1 aliphatic rings. The number of morpholine rings is 1. The van der Waals surface area contributed by atoms with E-state index in [4.69, 9.17) is 10.5 Å². The van der Waals surface area contributed by atoms with Gasteiger partial charge in [-0.15, -0.1) is 0 Å². The number of aromatic nitrogens is 1. The molecular formula is C29H29N3O4. The zero-order valence-corrected chi connectivity index (χ0v) is 20.1. The first-order valence-corrected chi connectivity index (χ1v) is 11.9. The van der Waals surface area contributed by atoms with E-state index in [1.807, 2.05) is 60.4 Å². The first-order valence-electron chi connectivity index (χ1n) is 11.9. The number of carbonyl (C=O) groups excluding carboxylic acids is 1. The van der Waals surface area contributed by atoms with Gasteiger partial charge in [0, 0.05) is 30.5 Å². The molecule has 3 aromatic carbocycles. The molecule has 4 N–H and O–H groups in total. The van der Waals surface area contributed by atoms with Crippen molar-refractivity contribution in [3.05, 3.63) is 89.1 Å². The van der Waals surface area contributed by atoms with Crippen LogP contribution in [0.5, 0.6) is 11.5 Å². The summed E-state index contributed by atoms with van der Waals surface area (Å²) < 4.78 is 7.61. The molecular weight excluding hydrogens is 454 g/mol. The normalized spacial score (nSPS) is 14.4. The second-order valence-electron chi connectivity index (χ2n) is 9.04. The molecule has 1 amide bonds. The molecule has 5 rings (SSSR count). The van der Waals surface area contributed by atoms with Gasteiger partial charge >= 0.3 is 0 Å². The number of phenols is 2. The van der Waals surface area contributed by atoms with Crippen molar-refractivity contribution in [2.24, 2.45) is 5.73 Å². The maximum Gasteiger partial charge on any atom is 0.265 e. The third-order valence-electron chi connectivity index (χ3n) is 6.67. The zero-order valence-electron chi connectivity index (χ0n) is 20.1. The molecule has 0 saturated carbocycles. The van der Waals surface area contributed by atoms with Gasteiger partial charge < -0.3 is 30.2 Å². The quantitative estimate of drug-likeness (QED) is 0.356. The lowest BCUT2D eigenvalue weighted by Gasteiger charge is -2.29. The smallest absolute Gasteiger partial charge is 0.265 e. The Labute approximate surface area is 209 Å². The van der Waals surface area contributed by atoms with E-state index in [1.54, 1.807) is 24.3 Å². The number of primary amides is 1. The molecule has 36 heavy (non-hydrogen) atoms. The van der Waals surface area contributed by atoms with Crippen LogP contribution < -0.4 is 5.73 Å². The number of aryl methyl sites for hydroxylation is 1. The second-order valence-corrected chi connectivity index (χ2v) is 9.04. The third kappa shape index (κ3) is 4.65. The fraction of sp³-hybridized carbons (Fsp3) is 0.207. The van der Waals surface area contributed by atoms with Gasteiger partial charge in [0.05, 0.1) is 18.9 Å². The summed E-state index contributed by atoms with van der Waals surface area (Å²) in [4.78, 5) is 14.1.